The maximum absolute atomic E-state index is 6.11. The molecule has 1 aliphatic rings. The smallest absolute Gasteiger partial charge is 0.120 e. The molecule has 1 aromatic rings. The van der Waals surface area contributed by atoms with Gasteiger partial charge in [-0.2, -0.15) is 0 Å². The van der Waals surface area contributed by atoms with Gasteiger partial charge in [0.2, 0.25) is 0 Å². The molecule has 3 nitrogen and oxygen atoms in total. The summed E-state index contributed by atoms with van der Waals surface area (Å²) in [4.78, 5) is 0. The van der Waals surface area contributed by atoms with Gasteiger partial charge in [0, 0.05) is 7.11 Å². The first-order valence-corrected chi connectivity index (χ1v) is 5.52. The molecule has 1 aliphatic carbocycles. The number of ether oxygens (including phenoxy) is 1. The summed E-state index contributed by atoms with van der Waals surface area (Å²) in [5, 5.41) is 0. The number of aryl methyl sites for hydroxylation is 1. The van der Waals surface area contributed by atoms with E-state index in [0.717, 1.165) is 30.8 Å². The van der Waals surface area contributed by atoms with Gasteiger partial charge < -0.3 is 14.9 Å². The van der Waals surface area contributed by atoms with Crippen LogP contribution in [0.5, 0.6) is 0 Å². The van der Waals surface area contributed by atoms with Crippen molar-refractivity contribution in [2.75, 3.05) is 7.11 Å². The minimum atomic E-state index is -0.0426. The third-order valence-electron chi connectivity index (χ3n) is 3.42. The summed E-state index contributed by atoms with van der Waals surface area (Å²) in [6.07, 6.45) is 4.35. The standard InChI is InChI=1S/C12H19NO2/c1-9-4-5-11(15-9)10(13)8-12(14-2)6-3-7-12/h4-5,10H,3,6-8,13H2,1-2H3. The van der Waals surface area contributed by atoms with Crippen LogP contribution in [0.1, 0.15) is 43.2 Å². The predicted octanol–water partition coefficient (Wildman–Crippen LogP) is 2.55. The first-order chi connectivity index (χ1) is 7.15. The Labute approximate surface area is 90.6 Å². The van der Waals surface area contributed by atoms with Gasteiger partial charge in [-0.05, 0) is 44.7 Å². The molecule has 0 saturated heterocycles. The number of rotatable bonds is 4. The summed E-state index contributed by atoms with van der Waals surface area (Å²) in [5.74, 6) is 1.79. The lowest BCUT2D eigenvalue weighted by Crippen LogP contribution is -2.41. The van der Waals surface area contributed by atoms with E-state index in [1.807, 2.05) is 19.1 Å². The van der Waals surface area contributed by atoms with E-state index in [0.29, 0.717) is 0 Å². The Balaban J connectivity index is 1.99. The molecule has 1 heterocycles. The Hall–Kier alpha value is -0.800. The van der Waals surface area contributed by atoms with Gasteiger partial charge in [-0.1, -0.05) is 0 Å². The Morgan fingerprint density at radius 1 is 1.53 bits per heavy atom. The summed E-state index contributed by atoms with van der Waals surface area (Å²) in [7, 11) is 1.78. The Bertz CT molecular complexity index is 323. The molecule has 0 aliphatic heterocycles. The Kier molecular flexibility index (Phi) is 2.85. The molecule has 1 aromatic heterocycles. The molecule has 2 rings (SSSR count). The molecule has 3 heteroatoms. The highest BCUT2D eigenvalue weighted by molar-refractivity contribution is 5.10. The second-order valence-electron chi connectivity index (χ2n) is 4.50. The topological polar surface area (TPSA) is 48.4 Å². The second kappa shape index (κ2) is 3.99. The quantitative estimate of drug-likeness (QED) is 0.829. The van der Waals surface area contributed by atoms with E-state index in [1.165, 1.54) is 6.42 Å². The van der Waals surface area contributed by atoms with Crippen LogP contribution in [0, 0.1) is 6.92 Å². The summed E-state index contributed by atoms with van der Waals surface area (Å²) in [5.41, 5.74) is 6.12. The van der Waals surface area contributed by atoms with Crippen molar-refractivity contribution in [3.63, 3.8) is 0 Å². The van der Waals surface area contributed by atoms with Gasteiger partial charge in [0.15, 0.2) is 0 Å². The van der Waals surface area contributed by atoms with Crippen molar-refractivity contribution in [3.8, 4) is 0 Å². The van der Waals surface area contributed by atoms with Crippen molar-refractivity contribution < 1.29 is 9.15 Å². The van der Waals surface area contributed by atoms with Crippen molar-refractivity contribution in [2.24, 2.45) is 5.73 Å². The first kappa shape index (κ1) is 10.7. The molecule has 0 spiro atoms. The van der Waals surface area contributed by atoms with Crippen LogP contribution in [0.4, 0.5) is 0 Å². The molecule has 1 saturated carbocycles. The number of nitrogens with two attached hydrogens (primary N) is 1. The van der Waals surface area contributed by atoms with E-state index < -0.39 is 0 Å². The average molecular weight is 209 g/mol. The summed E-state index contributed by atoms with van der Waals surface area (Å²) < 4.78 is 11.1. The van der Waals surface area contributed by atoms with Crippen molar-refractivity contribution >= 4 is 0 Å². The minimum Gasteiger partial charge on any atom is -0.465 e. The monoisotopic (exact) mass is 209 g/mol. The van der Waals surface area contributed by atoms with Crippen LogP contribution < -0.4 is 5.73 Å². The van der Waals surface area contributed by atoms with Crippen molar-refractivity contribution in [1.29, 1.82) is 0 Å². The first-order valence-electron chi connectivity index (χ1n) is 5.52. The lowest BCUT2D eigenvalue weighted by molar-refractivity contribution is -0.0826. The van der Waals surface area contributed by atoms with Gasteiger partial charge in [0.25, 0.3) is 0 Å². The molecule has 0 radical (unpaired) electrons. The van der Waals surface area contributed by atoms with Gasteiger partial charge in [0.1, 0.15) is 11.5 Å². The van der Waals surface area contributed by atoms with Crippen molar-refractivity contribution in [3.05, 3.63) is 23.7 Å². The van der Waals surface area contributed by atoms with Gasteiger partial charge in [-0.25, -0.2) is 0 Å². The summed E-state index contributed by atoms with van der Waals surface area (Å²) in [6, 6.07) is 3.87. The zero-order valence-electron chi connectivity index (χ0n) is 9.45. The highest BCUT2D eigenvalue weighted by Gasteiger charge is 2.39. The predicted molar refractivity (Wildman–Crippen MR) is 58.6 cm³/mol. The zero-order chi connectivity index (χ0) is 10.9. The fourth-order valence-electron chi connectivity index (χ4n) is 2.22. The van der Waals surface area contributed by atoms with E-state index in [1.54, 1.807) is 7.11 Å². The van der Waals surface area contributed by atoms with Crippen LogP contribution in [-0.4, -0.2) is 12.7 Å². The molecule has 1 unspecified atom stereocenters. The molecule has 15 heavy (non-hydrogen) atoms. The van der Waals surface area contributed by atoms with Gasteiger partial charge in [-0.15, -0.1) is 0 Å². The van der Waals surface area contributed by atoms with E-state index in [9.17, 15) is 0 Å². The van der Waals surface area contributed by atoms with Crippen LogP contribution in [0.2, 0.25) is 0 Å². The lowest BCUT2D eigenvalue weighted by Gasteiger charge is -2.41. The van der Waals surface area contributed by atoms with E-state index >= 15 is 0 Å². The van der Waals surface area contributed by atoms with Gasteiger partial charge in [-0.3, -0.25) is 0 Å². The van der Waals surface area contributed by atoms with Gasteiger partial charge in [0.05, 0.1) is 11.6 Å². The largest absolute Gasteiger partial charge is 0.465 e. The van der Waals surface area contributed by atoms with Gasteiger partial charge >= 0.3 is 0 Å². The molecular weight excluding hydrogens is 190 g/mol. The molecule has 0 aromatic carbocycles. The second-order valence-corrected chi connectivity index (χ2v) is 4.50. The van der Waals surface area contributed by atoms with E-state index in [-0.39, 0.29) is 11.6 Å². The average Bonchev–Trinajstić information content (AvgIpc) is 2.58. The fraction of sp³-hybridized carbons (Fsp3) is 0.667. The molecule has 0 amide bonds. The lowest BCUT2D eigenvalue weighted by atomic mass is 9.75. The molecule has 1 atom stereocenters. The van der Waals surface area contributed by atoms with Crippen molar-refractivity contribution in [2.45, 2.75) is 44.2 Å². The highest BCUT2D eigenvalue weighted by Crippen LogP contribution is 2.41. The SMILES string of the molecule is COC1(CC(N)c2ccc(C)o2)CCC1. The van der Waals surface area contributed by atoms with Crippen molar-refractivity contribution in [1.82, 2.24) is 0 Å². The molecule has 84 valence electrons. The maximum atomic E-state index is 6.11. The number of hydrogen-bond donors (Lipinski definition) is 1. The van der Waals surface area contributed by atoms with Crippen LogP contribution in [0.3, 0.4) is 0 Å². The Morgan fingerprint density at radius 2 is 2.27 bits per heavy atom. The Morgan fingerprint density at radius 3 is 2.67 bits per heavy atom. The minimum absolute atomic E-state index is 0.0140. The molecule has 0 bridgehead atoms. The normalized spacial score (nSPS) is 21.0. The third kappa shape index (κ3) is 2.08. The number of furan rings is 1. The number of hydrogen-bond acceptors (Lipinski definition) is 3. The fourth-order valence-corrected chi connectivity index (χ4v) is 2.22. The third-order valence-corrected chi connectivity index (χ3v) is 3.42. The molecule has 1 fully saturated rings. The zero-order valence-corrected chi connectivity index (χ0v) is 9.45. The van der Waals surface area contributed by atoms with E-state index in [2.05, 4.69) is 0 Å². The molecule has 2 N–H and O–H groups in total. The van der Waals surface area contributed by atoms with Crippen LogP contribution in [-0.2, 0) is 4.74 Å². The molecular formula is C12H19NO2. The van der Waals surface area contributed by atoms with Crippen LogP contribution in [0.15, 0.2) is 16.5 Å². The van der Waals surface area contributed by atoms with E-state index in [4.69, 9.17) is 14.9 Å². The van der Waals surface area contributed by atoms with Crippen LogP contribution >= 0.6 is 0 Å². The maximum Gasteiger partial charge on any atom is 0.120 e. The summed E-state index contributed by atoms with van der Waals surface area (Å²) >= 11 is 0. The summed E-state index contributed by atoms with van der Waals surface area (Å²) in [6.45, 7) is 1.94. The number of methoxy groups -OCH3 is 1. The highest BCUT2D eigenvalue weighted by atomic mass is 16.5. The van der Waals surface area contributed by atoms with Crippen LogP contribution in [0.25, 0.3) is 0 Å².